The van der Waals surface area contributed by atoms with Crippen LogP contribution in [0.25, 0.3) is 27.7 Å². The van der Waals surface area contributed by atoms with E-state index in [0.29, 0.717) is 6.54 Å². The molecule has 2 aromatic heterocycles. The fourth-order valence-corrected chi connectivity index (χ4v) is 4.95. The van der Waals surface area contributed by atoms with Gasteiger partial charge in [-0.3, -0.25) is 4.79 Å². The summed E-state index contributed by atoms with van der Waals surface area (Å²) in [6, 6.07) is 24.8. The Balaban J connectivity index is 1.36. The molecular weight excluding hydrogens is 472 g/mol. The Labute approximate surface area is 209 Å². The second-order valence-corrected chi connectivity index (χ2v) is 10.5. The monoisotopic (exact) mass is 496 g/mol. The highest BCUT2D eigenvalue weighted by atomic mass is 32.2. The average Bonchev–Trinajstić information content (AvgIpc) is 3.47. The lowest BCUT2D eigenvalue weighted by atomic mass is 10.0. The van der Waals surface area contributed by atoms with Crippen molar-refractivity contribution in [1.82, 2.24) is 14.3 Å². The predicted octanol–water partition coefficient (Wildman–Crippen LogP) is 4.87. The SMILES string of the molecule is C=CS(=O)(=O)c1ccc(-c2ccc(Cn3ccc4cc(-n5nc(C(N)=O)cc5C)ccc43)cc2)cc1. The van der Waals surface area contributed by atoms with Gasteiger partial charge in [0.2, 0.25) is 0 Å². The van der Waals surface area contributed by atoms with Gasteiger partial charge < -0.3 is 10.3 Å². The Morgan fingerprint density at radius 1 is 0.972 bits per heavy atom. The minimum atomic E-state index is -3.44. The molecule has 0 aliphatic rings. The van der Waals surface area contributed by atoms with Crippen LogP contribution >= 0.6 is 0 Å². The van der Waals surface area contributed by atoms with E-state index in [1.165, 1.54) is 0 Å². The first kappa shape index (κ1) is 23.3. The van der Waals surface area contributed by atoms with Crippen LogP contribution in [0.2, 0.25) is 0 Å². The molecule has 0 radical (unpaired) electrons. The first-order valence-corrected chi connectivity index (χ1v) is 12.8. The molecule has 0 fully saturated rings. The standard InChI is InChI=1S/C28H24N4O3S/c1-3-36(34,35)25-11-8-22(9-12-25)21-6-4-20(5-7-21)18-31-15-14-23-17-24(10-13-27(23)31)32-19(2)16-26(30-32)28(29)33/h3-17H,1,18H2,2H3,(H2,29,33). The zero-order valence-electron chi connectivity index (χ0n) is 19.6. The van der Waals surface area contributed by atoms with Gasteiger partial charge in [0.25, 0.3) is 5.91 Å². The topological polar surface area (TPSA) is 100.0 Å². The van der Waals surface area contributed by atoms with Crippen molar-refractivity contribution in [2.24, 2.45) is 5.73 Å². The number of hydrogen-bond donors (Lipinski definition) is 1. The van der Waals surface area contributed by atoms with Gasteiger partial charge in [0, 0.05) is 34.7 Å². The number of sulfone groups is 1. The van der Waals surface area contributed by atoms with E-state index in [9.17, 15) is 13.2 Å². The van der Waals surface area contributed by atoms with E-state index in [2.05, 4.69) is 34.4 Å². The first-order valence-electron chi connectivity index (χ1n) is 11.3. The van der Waals surface area contributed by atoms with Crippen molar-refractivity contribution < 1.29 is 13.2 Å². The van der Waals surface area contributed by atoms with Gasteiger partial charge in [0.1, 0.15) is 0 Å². The highest BCUT2D eigenvalue weighted by molar-refractivity contribution is 7.94. The average molecular weight is 497 g/mol. The van der Waals surface area contributed by atoms with Crippen molar-refractivity contribution in [2.45, 2.75) is 18.4 Å². The summed E-state index contributed by atoms with van der Waals surface area (Å²) in [5.41, 5.74) is 11.5. The van der Waals surface area contributed by atoms with Crippen LogP contribution in [-0.2, 0) is 16.4 Å². The van der Waals surface area contributed by atoms with E-state index in [1.54, 1.807) is 35.0 Å². The number of hydrogen-bond acceptors (Lipinski definition) is 4. The zero-order valence-corrected chi connectivity index (χ0v) is 20.4. The number of amides is 1. The third-order valence-corrected chi connectivity index (χ3v) is 7.55. The molecular formula is C28H24N4O3S. The smallest absolute Gasteiger partial charge is 0.269 e. The maximum Gasteiger partial charge on any atom is 0.269 e. The lowest BCUT2D eigenvalue weighted by molar-refractivity contribution is 0.0995. The molecule has 0 saturated heterocycles. The first-order chi connectivity index (χ1) is 17.2. The number of fused-ring (bicyclic) bond motifs is 1. The van der Waals surface area contributed by atoms with E-state index in [1.807, 2.05) is 43.5 Å². The molecule has 2 heterocycles. The van der Waals surface area contributed by atoms with Crippen LogP contribution in [0.5, 0.6) is 0 Å². The fourth-order valence-electron chi connectivity index (χ4n) is 4.25. The van der Waals surface area contributed by atoms with Crippen LogP contribution < -0.4 is 5.73 Å². The normalized spacial score (nSPS) is 11.6. The highest BCUT2D eigenvalue weighted by Gasteiger charge is 2.12. The number of carbonyl (C=O) groups excluding carboxylic acids is 1. The summed E-state index contributed by atoms with van der Waals surface area (Å²) < 4.78 is 27.7. The second kappa shape index (κ2) is 8.98. The van der Waals surface area contributed by atoms with E-state index in [4.69, 9.17) is 5.73 Å². The number of rotatable bonds is 7. The Hall–Kier alpha value is -4.43. The van der Waals surface area contributed by atoms with Gasteiger partial charge in [-0.15, -0.1) is 0 Å². The van der Waals surface area contributed by atoms with Crippen LogP contribution in [0.3, 0.4) is 0 Å². The van der Waals surface area contributed by atoms with Crippen LogP contribution in [0, 0.1) is 6.92 Å². The van der Waals surface area contributed by atoms with Crippen molar-refractivity contribution in [3.63, 3.8) is 0 Å². The third kappa shape index (κ3) is 4.34. The third-order valence-electron chi connectivity index (χ3n) is 6.18. The quantitative estimate of drug-likeness (QED) is 0.348. The summed E-state index contributed by atoms with van der Waals surface area (Å²) in [5, 5.41) is 6.34. The number of primary amides is 1. The number of benzene rings is 3. The Kier molecular flexibility index (Phi) is 5.81. The Bertz CT molecular complexity index is 1710. The molecule has 0 aliphatic heterocycles. The number of aryl methyl sites for hydroxylation is 1. The number of nitrogens with zero attached hydrogens (tertiary/aromatic N) is 3. The molecule has 3 aromatic carbocycles. The molecule has 1 amide bonds. The molecule has 5 aromatic rings. The summed E-state index contributed by atoms with van der Waals surface area (Å²) in [4.78, 5) is 11.7. The van der Waals surface area contributed by atoms with Crippen LogP contribution in [0.4, 0.5) is 0 Å². The van der Waals surface area contributed by atoms with E-state index >= 15 is 0 Å². The van der Waals surface area contributed by atoms with Crippen molar-refractivity contribution in [2.75, 3.05) is 0 Å². The molecule has 0 unspecified atom stereocenters. The van der Waals surface area contributed by atoms with Crippen molar-refractivity contribution >= 4 is 26.6 Å². The summed E-state index contributed by atoms with van der Waals surface area (Å²) in [6.07, 6.45) is 2.05. The molecule has 180 valence electrons. The molecule has 0 saturated carbocycles. The summed E-state index contributed by atoms with van der Waals surface area (Å²) in [5.74, 6) is -0.548. The lowest BCUT2D eigenvalue weighted by Crippen LogP contribution is -2.12. The van der Waals surface area contributed by atoms with Gasteiger partial charge in [0.05, 0.1) is 10.6 Å². The Morgan fingerprint density at radius 3 is 2.25 bits per heavy atom. The molecule has 0 bridgehead atoms. The Morgan fingerprint density at radius 2 is 1.64 bits per heavy atom. The predicted molar refractivity (Wildman–Crippen MR) is 141 cm³/mol. The van der Waals surface area contributed by atoms with Gasteiger partial charge in [-0.2, -0.15) is 5.10 Å². The summed E-state index contributed by atoms with van der Waals surface area (Å²) in [7, 11) is -3.44. The minimum absolute atomic E-state index is 0.233. The van der Waals surface area contributed by atoms with Crippen LogP contribution in [0.1, 0.15) is 21.7 Å². The number of aromatic nitrogens is 3. The van der Waals surface area contributed by atoms with Gasteiger partial charge in [-0.05, 0) is 66.1 Å². The van der Waals surface area contributed by atoms with Crippen molar-refractivity contribution in [3.8, 4) is 16.8 Å². The highest BCUT2D eigenvalue weighted by Crippen LogP contribution is 2.25. The molecule has 8 heteroatoms. The van der Waals surface area contributed by atoms with Crippen molar-refractivity contribution in [3.05, 3.63) is 114 Å². The van der Waals surface area contributed by atoms with E-state index in [-0.39, 0.29) is 10.6 Å². The van der Waals surface area contributed by atoms with Gasteiger partial charge in [0.15, 0.2) is 15.5 Å². The maximum atomic E-state index is 11.9. The van der Waals surface area contributed by atoms with E-state index in [0.717, 1.165) is 44.4 Å². The molecule has 36 heavy (non-hydrogen) atoms. The summed E-state index contributed by atoms with van der Waals surface area (Å²) in [6.45, 7) is 5.95. The molecule has 0 atom stereocenters. The summed E-state index contributed by atoms with van der Waals surface area (Å²) >= 11 is 0. The van der Waals surface area contributed by atoms with Gasteiger partial charge in [-0.25, -0.2) is 13.1 Å². The maximum absolute atomic E-state index is 11.9. The van der Waals surface area contributed by atoms with Crippen LogP contribution in [0.15, 0.2) is 102 Å². The number of carbonyl (C=O) groups is 1. The molecule has 0 aliphatic carbocycles. The lowest BCUT2D eigenvalue weighted by Gasteiger charge is -2.09. The number of nitrogens with two attached hydrogens (primary N) is 1. The largest absolute Gasteiger partial charge is 0.364 e. The zero-order chi connectivity index (χ0) is 25.4. The van der Waals surface area contributed by atoms with Gasteiger partial charge in [-0.1, -0.05) is 43.0 Å². The second-order valence-electron chi connectivity index (χ2n) is 8.57. The molecule has 0 spiro atoms. The van der Waals surface area contributed by atoms with Crippen LogP contribution in [-0.4, -0.2) is 28.7 Å². The molecule has 2 N–H and O–H groups in total. The fraction of sp³-hybridized carbons (Fsp3) is 0.0714. The van der Waals surface area contributed by atoms with E-state index < -0.39 is 15.7 Å². The minimum Gasteiger partial charge on any atom is -0.364 e. The molecule has 7 nitrogen and oxygen atoms in total. The van der Waals surface area contributed by atoms with Crippen molar-refractivity contribution in [1.29, 1.82) is 0 Å². The molecule has 5 rings (SSSR count). The van der Waals surface area contributed by atoms with Gasteiger partial charge >= 0.3 is 0 Å².